The quantitative estimate of drug-likeness (QED) is 0.646. The molecule has 3 rings (SSSR count). The van der Waals surface area contributed by atoms with Crippen molar-refractivity contribution in [3.63, 3.8) is 0 Å². The van der Waals surface area contributed by atoms with Crippen LogP contribution in [0.3, 0.4) is 0 Å². The van der Waals surface area contributed by atoms with Crippen molar-refractivity contribution < 1.29 is 14.1 Å². The highest BCUT2D eigenvalue weighted by Gasteiger charge is 2.35. The Balaban J connectivity index is 2.09. The Morgan fingerprint density at radius 3 is 2.84 bits per heavy atom. The number of nitrogens with zero attached hydrogens (tertiary/aromatic N) is 3. The maximum absolute atomic E-state index is 14.3. The number of Topliss-reactive ketones (excluding diaryl/α,β-unsaturated/α-hetero) is 1. The summed E-state index contributed by atoms with van der Waals surface area (Å²) in [4.78, 5) is 28.5. The van der Waals surface area contributed by atoms with Crippen molar-refractivity contribution in [3.8, 4) is 0 Å². The highest BCUT2D eigenvalue weighted by molar-refractivity contribution is 6.29. The number of nitrogens with one attached hydrogen (secondary N) is 2. The van der Waals surface area contributed by atoms with Gasteiger partial charge in [-0.15, -0.1) is 0 Å². The van der Waals surface area contributed by atoms with E-state index >= 15 is 0 Å². The molecule has 0 saturated heterocycles. The molecule has 0 saturated carbocycles. The molecule has 25 heavy (non-hydrogen) atoms. The zero-order valence-electron chi connectivity index (χ0n) is 13.9. The Labute approximate surface area is 148 Å². The van der Waals surface area contributed by atoms with Gasteiger partial charge in [0.05, 0.1) is 29.0 Å². The fourth-order valence-corrected chi connectivity index (χ4v) is 3.05. The number of hydrogen-bond donors (Lipinski definition) is 2. The number of hydrogen-bond acceptors (Lipinski definition) is 5. The average molecular weight is 366 g/mol. The molecule has 2 aromatic rings. The van der Waals surface area contributed by atoms with Crippen molar-refractivity contribution in [1.29, 1.82) is 0 Å². The highest BCUT2D eigenvalue weighted by Crippen LogP contribution is 2.38. The second-order valence-electron chi connectivity index (χ2n) is 5.92. The highest BCUT2D eigenvalue weighted by atomic mass is 35.5. The molecule has 0 aliphatic carbocycles. The second kappa shape index (κ2) is 6.36. The molecule has 0 fully saturated rings. The summed E-state index contributed by atoms with van der Waals surface area (Å²) in [6.07, 6.45) is 2.94. The lowest BCUT2D eigenvalue weighted by Crippen LogP contribution is -2.33. The molecule has 1 aliphatic rings. The van der Waals surface area contributed by atoms with E-state index in [-0.39, 0.29) is 40.3 Å². The van der Waals surface area contributed by atoms with Gasteiger partial charge in [0.1, 0.15) is 5.15 Å². The number of rotatable bonds is 3. The maximum atomic E-state index is 14.3. The van der Waals surface area contributed by atoms with Crippen molar-refractivity contribution in [1.82, 2.24) is 14.9 Å². The number of aryl methyl sites for hydroxylation is 1. The lowest BCUT2D eigenvalue weighted by atomic mass is 9.96. The van der Waals surface area contributed by atoms with E-state index in [9.17, 15) is 14.1 Å². The van der Waals surface area contributed by atoms with Crippen LogP contribution in [0.4, 0.5) is 21.7 Å². The van der Waals surface area contributed by atoms with Gasteiger partial charge in [-0.2, -0.15) is 5.12 Å². The van der Waals surface area contributed by atoms with Crippen LogP contribution < -0.4 is 15.8 Å². The van der Waals surface area contributed by atoms with E-state index in [2.05, 4.69) is 15.6 Å². The summed E-state index contributed by atoms with van der Waals surface area (Å²) in [5.74, 6) is -0.802. The molecule has 2 aromatic heterocycles. The molecule has 9 heteroatoms. The van der Waals surface area contributed by atoms with Crippen LogP contribution in [0.2, 0.25) is 5.15 Å². The van der Waals surface area contributed by atoms with Gasteiger partial charge in [0.2, 0.25) is 0 Å². The van der Waals surface area contributed by atoms with Crippen LogP contribution in [0.1, 0.15) is 27.6 Å². The van der Waals surface area contributed by atoms with E-state index in [0.29, 0.717) is 16.5 Å². The molecule has 0 spiro atoms. The molecular formula is C16H17ClFN5O2. The third-order valence-corrected chi connectivity index (χ3v) is 4.33. The number of pyridine rings is 1. The molecule has 3 heterocycles. The minimum atomic E-state index is -0.472. The van der Waals surface area contributed by atoms with E-state index in [0.717, 1.165) is 0 Å². The largest absolute Gasteiger partial charge is 0.355 e. The summed E-state index contributed by atoms with van der Waals surface area (Å²) in [7, 11) is 3.15. The van der Waals surface area contributed by atoms with Crippen LogP contribution in [0.25, 0.3) is 0 Å². The van der Waals surface area contributed by atoms with Crippen molar-refractivity contribution in [2.24, 2.45) is 13.0 Å². The van der Waals surface area contributed by atoms with Gasteiger partial charge in [-0.3, -0.25) is 9.59 Å². The number of fused-ring (bicyclic) bond motifs is 1. The number of amides is 1. The fourth-order valence-electron chi connectivity index (χ4n) is 2.90. The Morgan fingerprint density at radius 1 is 1.44 bits per heavy atom. The zero-order valence-corrected chi connectivity index (χ0v) is 14.7. The van der Waals surface area contributed by atoms with Crippen LogP contribution in [0.15, 0.2) is 18.5 Å². The first-order valence-corrected chi connectivity index (χ1v) is 8.02. The van der Waals surface area contributed by atoms with Gasteiger partial charge < -0.3 is 15.2 Å². The summed E-state index contributed by atoms with van der Waals surface area (Å²) in [6.45, 7) is 1.68. The van der Waals surface area contributed by atoms with Gasteiger partial charge in [-0.1, -0.05) is 23.0 Å². The lowest BCUT2D eigenvalue weighted by molar-refractivity contribution is 0.0914. The van der Waals surface area contributed by atoms with E-state index < -0.39 is 5.92 Å². The number of carbonyl (C=O) groups is 2. The van der Waals surface area contributed by atoms with Crippen LogP contribution in [0, 0.1) is 5.92 Å². The number of ketones is 1. The Bertz CT molecular complexity index is 866. The van der Waals surface area contributed by atoms with Gasteiger partial charge in [-0.25, -0.2) is 4.98 Å². The third kappa shape index (κ3) is 2.93. The summed E-state index contributed by atoms with van der Waals surface area (Å²) in [5.41, 5.74) is 1.30. The molecule has 1 aliphatic heterocycles. The van der Waals surface area contributed by atoms with Crippen LogP contribution in [-0.4, -0.2) is 34.8 Å². The van der Waals surface area contributed by atoms with Crippen molar-refractivity contribution in [2.75, 3.05) is 24.0 Å². The predicted molar refractivity (Wildman–Crippen MR) is 93.3 cm³/mol. The molecule has 1 unspecified atom stereocenters. The number of aromatic nitrogens is 2. The summed E-state index contributed by atoms with van der Waals surface area (Å²) >= 11 is 5.93. The standard InChI is InChI=1S/C16H17ClFN5O2/c1-8-6-23(18)16-13(14(8)24)11(7-22(16)3)21-10-4-12(17)20-5-9(10)15(25)19-2/h4-5,7-8H,6H2,1-3H3,(H,19,25)(H,20,21). The first-order chi connectivity index (χ1) is 11.8. The lowest BCUT2D eigenvalue weighted by Gasteiger charge is -2.25. The molecule has 0 aromatic carbocycles. The van der Waals surface area contributed by atoms with Gasteiger partial charge >= 0.3 is 0 Å². The van der Waals surface area contributed by atoms with E-state index in [1.54, 1.807) is 20.2 Å². The predicted octanol–water partition coefficient (Wildman–Crippen LogP) is 2.70. The summed E-state index contributed by atoms with van der Waals surface area (Å²) < 4.78 is 15.8. The number of anilines is 3. The fraction of sp³-hybridized carbons (Fsp3) is 0.312. The monoisotopic (exact) mass is 365 g/mol. The first-order valence-electron chi connectivity index (χ1n) is 7.65. The number of carbonyl (C=O) groups excluding carboxylic acids is 2. The summed E-state index contributed by atoms with van der Waals surface area (Å²) in [6, 6.07) is 1.48. The first kappa shape index (κ1) is 17.2. The second-order valence-corrected chi connectivity index (χ2v) is 6.31. The molecule has 0 bridgehead atoms. The number of halogens is 2. The minimum Gasteiger partial charge on any atom is -0.355 e. The Morgan fingerprint density at radius 2 is 2.16 bits per heavy atom. The molecule has 1 atom stereocenters. The van der Waals surface area contributed by atoms with Gasteiger partial charge in [0.15, 0.2) is 11.6 Å². The van der Waals surface area contributed by atoms with Crippen molar-refractivity contribution in [2.45, 2.75) is 6.92 Å². The van der Waals surface area contributed by atoms with Gasteiger partial charge in [-0.05, 0) is 6.07 Å². The maximum Gasteiger partial charge on any atom is 0.254 e. The Kier molecular flexibility index (Phi) is 4.38. The van der Waals surface area contributed by atoms with E-state index in [4.69, 9.17) is 11.6 Å². The Hall–Kier alpha value is -2.61. The van der Waals surface area contributed by atoms with E-state index in [1.165, 1.54) is 23.9 Å². The SMILES string of the molecule is CNC(=O)c1cnc(Cl)cc1Nc1cn(C)c2c1C(=O)C(C)CN2F. The van der Waals surface area contributed by atoms with Crippen molar-refractivity contribution >= 4 is 40.5 Å². The molecule has 2 N–H and O–H groups in total. The van der Waals surface area contributed by atoms with Gasteiger partial charge in [0.25, 0.3) is 5.91 Å². The molecular weight excluding hydrogens is 349 g/mol. The van der Waals surface area contributed by atoms with Gasteiger partial charge in [0, 0.05) is 32.4 Å². The molecule has 7 nitrogen and oxygen atoms in total. The average Bonchev–Trinajstić information content (AvgIpc) is 2.89. The summed E-state index contributed by atoms with van der Waals surface area (Å²) in [5, 5.41) is 6.29. The molecule has 1 amide bonds. The normalized spacial score (nSPS) is 16.6. The molecule has 0 radical (unpaired) electrons. The minimum absolute atomic E-state index is 0.00764. The third-order valence-electron chi connectivity index (χ3n) is 4.12. The zero-order chi connectivity index (χ0) is 18.3. The van der Waals surface area contributed by atoms with Crippen LogP contribution in [0.5, 0.6) is 0 Å². The van der Waals surface area contributed by atoms with Crippen LogP contribution >= 0.6 is 11.6 Å². The topological polar surface area (TPSA) is 79.3 Å². The smallest absolute Gasteiger partial charge is 0.254 e. The van der Waals surface area contributed by atoms with E-state index in [1.807, 2.05) is 0 Å². The molecule has 132 valence electrons. The van der Waals surface area contributed by atoms with Crippen LogP contribution in [-0.2, 0) is 7.05 Å². The van der Waals surface area contributed by atoms with Crippen molar-refractivity contribution in [3.05, 3.63) is 34.7 Å².